The monoisotopic (exact) mass is 296 g/mol. The summed E-state index contributed by atoms with van der Waals surface area (Å²) in [5, 5.41) is 12.4. The van der Waals surface area contributed by atoms with Crippen LogP contribution in [0.1, 0.15) is 59.3 Å². The highest BCUT2D eigenvalue weighted by molar-refractivity contribution is 5.83. The fraction of sp³-hybridized carbons (Fsp3) is 0.875. The number of carbonyl (C=O) groups is 2. The van der Waals surface area contributed by atoms with Gasteiger partial charge in [-0.25, -0.2) is 9.59 Å². The molecule has 1 aliphatic carbocycles. The van der Waals surface area contributed by atoms with Crippen LogP contribution in [-0.4, -0.2) is 40.6 Å². The number of carboxylic acid groups (broad SMARTS) is 1. The van der Waals surface area contributed by atoms with Crippen LogP contribution < -0.4 is 5.32 Å². The van der Waals surface area contributed by atoms with Crippen molar-refractivity contribution in [2.45, 2.75) is 71.4 Å². The summed E-state index contributed by atoms with van der Waals surface area (Å²) in [6, 6.07) is -0.677. The molecule has 2 N–H and O–H groups in total. The Morgan fingerprint density at radius 2 is 2.05 bits per heavy atom. The average Bonchev–Trinajstić information content (AvgIpc) is 2.77. The van der Waals surface area contributed by atoms with E-state index in [0.29, 0.717) is 18.9 Å². The number of carboxylic acids is 1. The zero-order valence-electron chi connectivity index (χ0n) is 13.4. The minimum Gasteiger partial charge on any atom is -0.480 e. The minimum atomic E-state index is -0.880. The second kappa shape index (κ2) is 6.24. The first-order valence-electron chi connectivity index (χ1n) is 8.12. The number of hydrogen-bond donors (Lipinski definition) is 2. The van der Waals surface area contributed by atoms with Gasteiger partial charge in [-0.15, -0.1) is 0 Å². The number of urea groups is 1. The molecule has 0 bridgehead atoms. The molecular weight excluding hydrogens is 268 g/mol. The molecule has 0 aromatic carbocycles. The van der Waals surface area contributed by atoms with Crippen LogP contribution in [0.25, 0.3) is 0 Å². The molecule has 5 nitrogen and oxygen atoms in total. The highest BCUT2D eigenvalue weighted by Crippen LogP contribution is 2.37. The molecule has 2 amide bonds. The Labute approximate surface area is 127 Å². The van der Waals surface area contributed by atoms with Gasteiger partial charge in [0.1, 0.15) is 6.04 Å². The van der Waals surface area contributed by atoms with Crippen molar-refractivity contribution < 1.29 is 14.7 Å². The standard InChI is InChI=1S/C16H28N2O3/c1-4-11-6-8-18(13(9-11)14(19)20)15(21)17-12-5-7-16(2,3)10-12/h11-13H,4-10H2,1-3H3,(H,17,21)(H,19,20). The number of nitrogens with one attached hydrogen (secondary N) is 1. The molecule has 1 heterocycles. The molecule has 1 aliphatic heterocycles. The van der Waals surface area contributed by atoms with E-state index in [1.807, 2.05) is 0 Å². The van der Waals surface area contributed by atoms with E-state index in [4.69, 9.17) is 0 Å². The Morgan fingerprint density at radius 3 is 2.57 bits per heavy atom. The van der Waals surface area contributed by atoms with Crippen molar-refractivity contribution in [2.75, 3.05) is 6.54 Å². The second-order valence-corrected chi connectivity index (χ2v) is 7.40. The van der Waals surface area contributed by atoms with E-state index in [-0.39, 0.29) is 17.5 Å². The summed E-state index contributed by atoms with van der Waals surface area (Å²) in [6.07, 6.45) is 5.54. The normalized spacial score (nSPS) is 32.0. The van der Waals surface area contributed by atoms with Crippen LogP contribution in [0.5, 0.6) is 0 Å². The zero-order valence-corrected chi connectivity index (χ0v) is 13.4. The maximum absolute atomic E-state index is 12.4. The van der Waals surface area contributed by atoms with Crippen molar-refractivity contribution in [2.24, 2.45) is 11.3 Å². The SMILES string of the molecule is CCC1CCN(C(=O)NC2CCC(C)(C)C2)C(C(=O)O)C1. The molecule has 5 heteroatoms. The lowest BCUT2D eigenvalue weighted by Crippen LogP contribution is -2.55. The number of rotatable bonds is 3. The smallest absolute Gasteiger partial charge is 0.326 e. The van der Waals surface area contributed by atoms with Crippen molar-refractivity contribution in [1.82, 2.24) is 10.2 Å². The summed E-state index contributed by atoms with van der Waals surface area (Å²) in [5.41, 5.74) is 0.277. The third-order valence-electron chi connectivity index (χ3n) is 5.13. The maximum Gasteiger partial charge on any atom is 0.326 e. The van der Waals surface area contributed by atoms with Crippen molar-refractivity contribution in [3.05, 3.63) is 0 Å². The third-order valence-corrected chi connectivity index (χ3v) is 5.13. The molecule has 3 atom stereocenters. The van der Waals surface area contributed by atoms with Crippen molar-refractivity contribution >= 4 is 12.0 Å². The first kappa shape index (κ1) is 16.1. The molecule has 0 aromatic rings. The first-order valence-corrected chi connectivity index (χ1v) is 8.12. The molecule has 3 unspecified atom stereocenters. The number of carbonyl (C=O) groups excluding carboxylic acids is 1. The van der Waals surface area contributed by atoms with E-state index < -0.39 is 12.0 Å². The maximum atomic E-state index is 12.4. The van der Waals surface area contributed by atoms with Gasteiger partial charge in [0, 0.05) is 12.6 Å². The Kier molecular flexibility index (Phi) is 4.79. The quantitative estimate of drug-likeness (QED) is 0.841. The van der Waals surface area contributed by atoms with Crippen LogP contribution in [0.3, 0.4) is 0 Å². The summed E-state index contributed by atoms with van der Waals surface area (Å²) in [5.74, 6) is -0.462. The predicted molar refractivity (Wildman–Crippen MR) is 81.1 cm³/mol. The Morgan fingerprint density at radius 1 is 1.33 bits per heavy atom. The summed E-state index contributed by atoms with van der Waals surface area (Å²) in [6.45, 7) is 7.06. The molecule has 0 aromatic heterocycles. The number of likely N-dealkylation sites (tertiary alicyclic amines) is 1. The molecule has 120 valence electrons. The lowest BCUT2D eigenvalue weighted by molar-refractivity contribution is -0.144. The fourth-order valence-electron chi connectivity index (χ4n) is 3.70. The van der Waals surface area contributed by atoms with E-state index in [0.717, 1.165) is 32.1 Å². The fourth-order valence-corrected chi connectivity index (χ4v) is 3.70. The summed E-state index contributed by atoms with van der Waals surface area (Å²) in [4.78, 5) is 25.4. The number of piperidine rings is 1. The molecule has 1 saturated heterocycles. The molecule has 0 spiro atoms. The van der Waals surface area contributed by atoms with Gasteiger partial charge in [-0.2, -0.15) is 0 Å². The predicted octanol–water partition coefficient (Wildman–Crippen LogP) is 2.85. The summed E-state index contributed by atoms with van der Waals surface area (Å²) < 4.78 is 0. The van der Waals surface area contributed by atoms with Crippen LogP contribution in [-0.2, 0) is 4.79 Å². The van der Waals surface area contributed by atoms with E-state index in [9.17, 15) is 14.7 Å². The Balaban J connectivity index is 1.96. The second-order valence-electron chi connectivity index (χ2n) is 7.40. The number of nitrogens with zero attached hydrogens (tertiary/aromatic N) is 1. The Hall–Kier alpha value is -1.26. The lowest BCUT2D eigenvalue weighted by Gasteiger charge is -2.37. The number of amides is 2. The van der Waals surface area contributed by atoms with Gasteiger partial charge in [0.05, 0.1) is 0 Å². The van der Waals surface area contributed by atoms with Gasteiger partial charge in [0.25, 0.3) is 0 Å². The summed E-state index contributed by atoms with van der Waals surface area (Å²) >= 11 is 0. The number of hydrogen-bond acceptors (Lipinski definition) is 2. The van der Waals surface area contributed by atoms with Crippen LogP contribution in [0, 0.1) is 11.3 Å². The first-order chi connectivity index (χ1) is 9.82. The van der Waals surface area contributed by atoms with E-state index >= 15 is 0 Å². The highest BCUT2D eigenvalue weighted by Gasteiger charge is 2.38. The Bertz CT molecular complexity index is 408. The van der Waals surface area contributed by atoms with Gasteiger partial charge in [0.2, 0.25) is 0 Å². The number of aliphatic carboxylic acids is 1. The molecule has 2 aliphatic rings. The third kappa shape index (κ3) is 3.89. The van der Waals surface area contributed by atoms with E-state index in [1.165, 1.54) is 4.90 Å². The van der Waals surface area contributed by atoms with Crippen LogP contribution in [0.15, 0.2) is 0 Å². The van der Waals surface area contributed by atoms with Crippen molar-refractivity contribution in [1.29, 1.82) is 0 Å². The van der Waals surface area contributed by atoms with Gasteiger partial charge in [0.15, 0.2) is 0 Å². The largest absolute Gasteiger partial charge is 0.480 e. The van der Waals surface area contributed by atoms with Crippen molar-refractivity contribution in [3.8, 4) is 0 Å². The molecule has 2 fully saturated rings. The van der Waals surface area contributed by atoms with Gasteiger partial charge < -0.3 is 15.3 Å². The van der Waals surface area contributed by atoms with Gasteiger partial charge >= 0.3 is 12.0 Å². The molecule has 0 radical (unpaired) electrons. The topological polar surface area (TPSA) is 69.6 Å². The van der Waals surface area contributed by atoms with E-state index in [2.05, 4.69) is 26.1 Å². The molecular formula is C16H28N2O3. The summed E-state index contributed by atoms with van der Waals surface area (Å²) in [7, 11) is 0. The van der Waals surface area contributed by atoms with Gasteiger partial charge in [-0.1, -0.05) is 27.2 Å². The minimum absolute atomic E-state index is 0.186. The lowest BCUT2D eigenvalue weighted by atomic mass is 9.89. The van der Waals surface area contributed by atoms with Crippen LogP contribution >= 0.6 is 0 Å². The van der Waals surface area contributed by atoms with Gasteiger partial charge in [-0.05, 0) is 43.4 Å². The van der Waals surface area contributed by atoms with Crippen molar-refractivity contribution in [3.63, 3.8) is 0 Å². The van der Waals surface area contributed by atoms with Crippen LogP contribution in [0.2, 0.25) is 0 Å². The molecule has 1 saturated carbocycles. The van der Waals surface area contributed by atoms with E-state index in [1.54, 1.807) is 0 Å². The molecule has 21 heavy (non-hydrogen) atoms. The van der Waals surface area contributed by atoms with Crippen LogP contribution in [0.4, 0.5) is 4.79 Å². The molecule has 2 rings (SSSR count). The highest BCUT2D eigenvalue weighted by atomic mass is 16.4. The zero-order chi connectivity index (χ0) is 15.6. The average molecular weight is 296 g/mol. The van der Waals surface area contributed by atoms with Gasteiger partial charge in [-0.3, -0.25) is 0 Å².